The summed E-state index contributed by atoms with van der Waals surface area (Å²) >= 11 is 6.01. The number of benzene rings is 3. The summed E-state index contributed by atoms with van der Waals surface area (Å²) < 4.78 is 0. The van der Waals surface area contributed by atoms with Crippen molar-refractivity contribution < 1.29 is 14.7 Å². The van der Waals surface area contributed by atoms with Crippen LogP contribution >= 0.6 is 11.6 Å². The lowest BCUT2D eigenvalue weighted by molar-refractivity contribution is -0.132. The van der Waals surface area contributed by atoms with Crippen LogP contribution in [0, 0.1) is 13.8 Å². The minimum Gasteiger partial charge on any atom is -0.507 e. The normalized spacial score (nSPS) is 18.1. The van der Waals surface area contributed by atoms with E-state index in [1.54, 1.807) is 36.4 Å². The highest BCUT2D eigenvalue weighted by molar-refractivity contribution is 6.51. The Kier molecular flexibility index (Phi) is 5.18. The second-order valence-corrected chi connectivity index (χ2v) is 7.86. The van der Waals surface area contributed by atoms with Crippen molar-refractivity contribution in [3.05, 3.63) is 106 Å². The SMILES string of the molecule is Cc1ccc(/C(O)=C2/C(=O)C(=O)N(c3ccc(Cl)cc3)C2c2cccc(C)c2)cc1. The van der Waals surface area contributed by atoms with E-state index in [0.717, 1.165) is 16.7 Å². The van der Waals surface area contributed by atoms with Gasteiger partial charge in [0, 0.05) is 16.3 Å². The summed E-state index contributed by atoms with van der Waals surface area (Å²) in [5.41, 5.74) is 3.87. The molecule has 30 heavy (non-hydrogen) atoms. The summed E-state index contributed by atoms with van der Waals surface area (Å²) in [6.45, 7) is 3.88. The first-order valence-electron chi connectivity index (χ1n) is 9.57. The van der Waals surface area contributed by atoms with Crippen LogP contribution in [0.4, 0.5) is 5.69 Å². The van der Waals surface area contributed by atoms with Crippen molar-refractivity contribution in [1.82, 2.24) is 0 Å². The van der Waals surface area contributed by atoms with Gasteiger partial charge in [0.2, 0.25) is 0 Å². The molecule has 1 heterocycles. The van der Waals surface area contributed by atoms with Crippen molar-refractivity contribution in [2.75, 3.05) is 4.90 Å². The highest BCUT2D eigenvalue weighted by Gasteiger charge is 2.46. The number of carbonyl (C=O) groups excluding carboxylic acids is 2. The molecule has 5 heteroatoms. The number of ketones is 1. The Morgan fingerprint density at radius 2 is 1.57 bits per heavy atom. The Labute approximate surface area is 180 Å². The van der Waals surface area contributed by atoms with Crippen LogP contribution in [0.5, 0.6) is 0 Å². The van der Waals surface area contributed by atoms with E-state index in [0.29, 0.717) is 16.3 Å². The lowest BCUT2D eigenvalue weighted by atomic mass is 9.94. The van der Waals surface area contributed by atoms with Gasteiger partial charge in [-0.1, -0.05) is 71.3 Å². The maximum atomic E-state index is 13.1. The Balaban J connectivity index is 1.95. The van der Waals surface area contributed by atoms with Gasteiger partial charge in [-0.05, 0) is 43.7 Å². The lowest BCUT2D eigenvalue weighted by Gasteiger charge is -2.25. The fraction of sp³-hybridized carbons (Fsp3) is 0.120. The van der Waals surface area contributed by atoms with Crippen LogP contribution in [-0.4, -0.2) is 16.8 Å². The first kappa shape index (κ1) is 19.9. The number of aliphatic hydroxyl groups is 1. The minimum atomic E-state index is -0.743. The Morgan fingerprint density at radius 1 is 0.900 bits per heavy atom. The van der Waals surface area contributed by atoms with E-state index in [4.69, 9.17) is 11.6 Å². The molecule has 4 rings (SSSR count). The molecule has 0 spiro atoms. The average Bonchev–Trinajstić information content (AvgIpc) is 3.00. The molecule has 1 amide bonds. The second-order valence-electron chi connectivity index (χ2n) is 7.43. The van der Waals surface area contributed by atoms with E-state index >= 15 is 0 Å². The third-order valence-corrected chi connectivity index (χ3v) is 5.48. The Hall–Kier alpha value is -3.37. The molecule has 1 saturated heterocycles. The molecule has 1 aliphatic rings. The molecule has 0 bridgehead atoms. The average molecular weight is 418 g/mol. The molecule has 1 aliphatic heterocycles. The summed E-state index contributed by atoms with van der Waals surface area (Å²) in [7, 11) is 0. The zero-order valence-electron chi connectivity index (χ0n) is 16.6. The van der Waals surface area contributed by atoms with Gasteiger partial charge in [-0.25, -0.2) is 0 Å². The van der Waals surface area contributed by atoms with Gasteiger partial charge in [0.1, 0.15) is 5.76 Å². The summed E-state index contributed by atoms with van der Waals surface area (Å²) in [6, 6.07) is 20.8. The molecule has 150 valence electrons. The van der Waals surface area contributed by atoms with Gasteiger partial charge >= 0.3 is 0 Å². The van der Waals surface area contributed by atoms with Gasteiger partial charge in [0.25, 0.3) is 11.7 Å². The minimum absolute atomic E-state index is 0.0735. The summed E-state index contributed by atoms with van der Waals surface area (Å²) in [5, 5.41) is 11.6. The standard InChI is InChI=1S/C25H20ClNO3/c1-15-6-8-17(9-7-15)23(28)21-22(18-5-3-4-16(2)14-18)27(25(30)24(21)29)20-12-10-19(26)11-13-20/h3-14,22,28H,1-2H3/b23-21-. The summed E-state index contributed by atoms with van der Waals surface area (Å²) in [4.78, 5) is 27.6. The predicted octanol–water partition coefficient (Wildman–Crippen LogP) is 5.58. The molecule has 3 aromatic carbocycles. The van der Waals surface area contributed by atoms with Crippen LogP contribution < -0.4 is 4.90 Å². The van der Waals surface area contributed by atoms with Gasteiger partial charge in [-0.15, -0.1) is 0 Å². The first-order valence-corrected chi connectivity index (χ1v) is 9.95. The smallest absolute Gasteiger partial charge is 0.300 e. The topological polar surface area (TPSA) is 57.6 Å². The van der Waals surface area contributed by atoms with Gasteiger partial charge < -0.3 is 5.11 Å². The molecule has 3 aromatic rings. The largest absolute Gasteiger partial charge is 0.507 e. The van der Waals surface area contributed by atoms with E-state index in [1.165, 1.54) is 4.90 Å². The van der Waals surface area contributed by atoms with Crippen LogP contribution in [0.2, 0.25) is 5.02 Å². The zero-order chi connectivity index (χ0) is 21.4. The van der Waals surface area contributed by atoms with Crippen LogP contribution in [-0.2, 0) is 9.59 Å². The fourth-order valence-corrected chi connectivity index (χ4v) is 3.85. The summed E-state index contributed by atoms with van der Waals surface area (Å²) in [5.74, 6) is -1.58. The van der Waals surface area contributed by atoms with Crippen molar-refractivity contribution >= 4 is 34.7 Å². The fourth-order valence-electron chi connectivity index (χ4n) is 3.72. The number of aryl methyl sites for hydroxylation is 2. The first-order chi connectivity index (χ1) is 14.4. The van der Waals surface area contributed by atoms with Crippen molar-refractivity contribution in [3.8, 4) is 0 Å². The third kappa shape index (κ3) is 3.51. The van der Waals surface area contributed by atoms with Crippen molar-refractivity contribution in [3.63, 3.8) is 0 Å². The molecule has 0 saturated carbocycles. The highest BCUT2D eigenvalue weighted by atomic mass is 35.5. The number of halogens is 1. The quantitative estimate of drug-likeness (QED) is 0.343. The number of amides is 1. The molecular formula is C25H20ClNO3. The van der Waals surface area contributed by atoms with Crippen molar-refractivity contribution in [2.24, 2.45) is 0 Å². The van der Waals surface area contributed by atoms with E-state index in [9.17, 15) is 14.7 Å². The maximum absolute atomic E-state index is 13.1. The van der Waals surface area contributed by atoms with Crippen LogP contribution in [0.25, 0.3) is 5.76 Å². The van der Waals surface area contributed by atoms with Crippen LogP contribution in [0.3, 0.4) is 0 Å². The number of hydrogen-bond acceptors (Lipinski definition) is 3. The third-order valence-electron chi connectivity index (χ3n) is 5.23. The van der Waals surface area contributed by atoms with E-state index in [1.807, 2.05) is 50.2 Å². The molecule has 4 nitrogen and oxygen atoms in total. The zero-order valence-corrected chi connectivity index (χ0v) is 17.4. The molecule has 1 fully saturated rings. The number of aliphatic hydroxyl groups excluding tert-OH is 1. The number of rotatable bonds is 3. The van der Waals surface area contributed by atoms with Crippen molar-refractivity contribution in [2.45, 2.75) is 19.9 Å². The van der Waals surface area contributed by atoms with E-state index in [-0.39, 0.29) is 11.3 Å². The number of anilines is 1. The van der Waals surface area contributed by atoms with Gasteiger partial charge in [0.15, 0.2) is 0 Å². The second kappa shape index (κ2) is 7.81. The molecule has 0 aliphatic carbocycles. The Bertz CT molecular complexity index is 1160. The number of Topliss-reactive ketones (excluding diaryl/α,β-unsaturated/α-hetero) is 1. The highest BCUT2D eigenvalue weighted by Crippen LogP contribution is 2.42. The van der Waals surface area contributed by atoms with Crippen LogP contribution in [0.1, 0.15) is 28.3 Å². The summed E-state index contributed by atoms with van der Waals surface area (Å²) in [6.07, 6.45) is 0. The molecular weight excluding hydrogens is 398 g/mol. The predicted molar refractivity (Wildman–Crippen MR) is 119 cm³/mol. The molecule has 1 N–H and O–H groups in total. The number of nitrogens with zero attached hydrogens (tertiary/aromatic N) is 1. The molecule has 0 aromatic heterocycles. The van der Waals surface area contributed by atoms with Gasteiger partial charge in [-0.3, -0.25) is 14.5 Å². The molecule has 1 unspecified atom stereocenters. The molecule has 1 atom stereocenters. The maximum Gasteiger partial charge on any atom is 0.300 e. The Morgan fingerprint density at radius 3 is 2.20 bits per heavy atom. The van der Waals surface area contributed by atoms with E-state index in [2.05, 4.69) is 0 Å². The number of carbonyl (C=O) groups is 2. The monoisotopic (exact) mass is 417 g/mol. The lowest BCUT2D eigenvalue weighted by Crippen LogP contribution is -2.29. The van der Waals surface area contributed by atoms with Crippen molar-refractivity contribution in [1.29, 1.82) is 0 Å². The molecule has 0 radical (unpaired) electrons. The van der Waals surface area contributed by atoms with Gasteiger partial charge in [-0.2, -0.15) is 0 Å². The van der Waals surface area contributed by atoms with E-state index < -0.39 is 17.7 Å². The van der Waals surface area contributed by atoms with Crippen LogP contribution in [0.15, 0.2) is 78.4 Å². The number of hydrogen-bond donors (Lipinski definition) is 1. The van der Waals surface area contributed by atoms with Gasteiger partial charge in [0.05, 0.1) is 11.6 Å².